The largest absolute Gasteiger partial charge is 0.360 e. The lowest BCUT2D eigenvalue weighted by Gasteiger charge is -2.37. The van der Waals surface area contributed by atoms with Gasteiger partial charge in [-0.3, -0.25) is 4.90 Å². The SMILES string of the molecule is Cc1cc(CN2CCN(C[C@H]3C[C@H]4CC[C@H]3C4)CC2)on1. The van der Waals surface area contributed by atoms with Gasteiger partial charge in [-0.1, -0.05) is 11.6 Å². The highest BCUT2D eigenvalue weighted by molar-refractivity contribution is 5.03. The van der Waals surface area contributed by atoms with Crippen molar-refractivity contribution in [2.45, 2.75) is 39.2 Å². The summed E-state index contributed by atoms with van der Waals surface area (Å²) in [6.45, 7) is 9.04. The molecule has 4 heteroatoms. The van der Waals surface area contributed by atoms with Crippen LogP contribution in [-0.2, 0) is 6.54 Å². The Morgan fingerprint density at radius 3 is 2.57 bits per heavy atom. The van der Waals surface area contributed by atoms with Crippen LogP contribution in [0.15, 0.2) is 10.6 Å². The zero-order chi connectivity index (χ0) is 14.2. The molecule has 1 aromatic rings. The Morgan fingerprint density at radius 2 is 1.95 bits per heavy atom. The van der Waals surface area contributed by atoms with E-state index in [1.165, 1.54) is 58.4 Å². The van der Waals surface area contributed by atoms with Crippen molar-refractivity contribution in [2.75, 3.05) is 32.7 Å². The predicted octanol–water partition coefficient (Wildman–Crippen LogP) is 2.54. The maximum Gasteiger partial charge on any atom is 0.150 e. The number of piperazine rings is 1. The van der Waals surface area contributed by atoms with Crippen LogP contribution in [0.1, 0.15) is 37.1 Å². The van der Waals surface area contributed by atoms with Crippen LogP contribution in [0.25, 0.3) is 0 Å². The van der Waals surface area contributed by atoms with Crippen molar-refractivity contribution in [3.05, 3.63) is 17.5 Å². The molecule has 2 aliphatic carbocycles. The molecular weight excluding hydrogens is 262 g/mol. The van der Waals surface area contributed by atoms with Crippen molar-refractivity contribution in [1.29, 1.82) is 0 Å². The lowest BCUT2D eigenvalue weighted by atomic mass is 9.88. The molecule has 0 N–H and O–H groups in total. The summed E-state index contributed by atoms with van der Waals surface area (Å²) in [4.78, 5) is 5.20. The molecule has 0 amide bonds. The molecular formula is C17H27N3O. The molecule has 4 nitrogen and oxygen atoms in total. The molecule has 21 heavy (non-hydrogen) atoms. The molecule has 1 aliphatic heterocycles. The van der Waals surface area contributed by atoms with Crippen LogP contribution in [0.2, 0.25) is 0 Å². The van der Waals surface area contributed by atoms with Gasteiger partial charge in [0, 0.05) is 38.8 Å². The van der Waals surface area contributed by atoms with Gasteiger partial charge in [0.25, 0.3) is 0 Å². The molecule has 116 valence electrons. The Morgan fingerprint density at radius 1 is 1.14 bits per heavy atom. The van der Waals surface area contributed by atoms with Gasteiger partial charge in [0.15, 0.2) is 5.76 Å². The molecule has 2 saturated carbocycles. The fraction of sp³-hybridized carbons (Fsp3) is 0.824. The molecule has 2 heterocycles. The van der Waals surface area contributed by atoms with E-state index in [0.717, 1.165) is 35.8 Å². The first kappa shape index (κ1) is 13.8. The summed E-state index contributed by atoms with van der Waals surface area (Å²) in [5.41, 5.74) is 0.986. The topological polar surface area (TPSA) is 32.5 Å². The maximum absolute atomic E-state index is 5.33. The average molecular weight is 289 g/mol. The number of rotatable bonds is 4. The van der Waals surface area contributed by atoms with Crippen molar-refractivity contribution in [1.82, 2.24) is 15.0 Å². The molecule has 0 aromatic carbocycles. The smallest absolute Gasteiger partial charge is 0.150 e. The number of aromatic nitrogens is 1. The highest BCUT2D eigenvalue weighted by Gasteiger charge is 2.40. The first-order valence-corrected chi connectivity index (χ1v) is 8.63. The van der Waals surface area contributed by atoms with Crippen molar-refractivity contribution in [2.24, 2.45) is 17.8 Å². The molecule has 3 aliphatic rings. The molecule has 0 spiro atoms. The average Bonchev–Trinajstić information content (AvgIpc) is 3.18. The second-order valence-electron chi connectivity index (χ2n) is 7.45. The number of aryl methyl sites for hydroxylation is 1. The van der Waals surface area contributed by atoms with Gasteiger partial charge in [-0.05, 0) is 43.9 Å². The summed E-state index contributed by atoms with van der Waals surface area (Å²) in [6, 6.07) is 2.06. The van der Waals surface area contributed by atoms with E-state index >= 15 is 0 Å². The van der Waals surface area contributed by atoms with Gasteiger partial charge in [-0.15, -0.1) is 0 Å². The first-order valence-electron chi connectivity index (χ1n) is 8.63. The predicted molar refractivity (Wildman–Crippen MR) is 81.9 cm³/mol. The summed E-state index contributed by atoms with van der Waals surface area (Å²) in [7, 11) is 0. The summed E-state index contributed by atoms with van der Waals surface area (Å²) < 4.78 is 5.33. The normalized spacial score (nSPS) is 33.9. The van der Waals surface area contributed by atoms with Gasteiger partial charge in [0.05, 0.1) is 12.2 Å². The van der Waals surface area contributed by atoms with E-state index in [1.54, 1.807) is 0 Å². The van der Waals surface area contributed by atoms with Crippen molar-refractivity contribution in [3.8, 4) is 0 Å². The minimum Gasteiger partial charge on any atom is -0.360 e. The van der Waals surface area contributed by atoms with E-state index in [9.17, 15) is 0 Å². The van der Waals surface area contributed by atoms with Gasteiger partial charge in [-0.2, -0.15) is 0 Å². The number of hydrogen-bond acceptors (Lipinski definition) is 4. The fourth-order valence-corrected chi connectivity index (χ4v) is 4.77. The lowest BCUT2D eigenvalue weighted by molar-refractivity contribution is 0.0957. The van der Waals surface area contributed by atoms with Crippen molar-refractivity contribution in [3.63, 3.8) is 0 Å². The Balaban J connectivity index is 1.23. The fourth-order valence-electron chi connectivity index (χ4n) is 4.77. The molecule has 0 radical (unpaired) electrons. The Labute approximate surface area is 127 Å². The van der Waals surface area contributed by atoms with Crippen molar-refractivity contribution < 1.29 is 4.52 Å². The van der Waals surface area contributed by atoms with Gasteiger partial charge < -0.3 is 9.42 Å². The Bertz CT molecular complexity index is 478. The van der Waals surface area contributed by atoms with E-state index < -0.39 is 0 Å². The van der Waals surface area contributed by atoms with E-state index in [1.807, 2.05) is 6.92 Å². The van der Waals surface area contributed by atoms with Crippen molar-refractivity contribution >= 4 is 0 Å². The van der Waals surface area contributed by atoms with E-state index in [-0.39, 0.29) is 0 Å². The molecule has 2 bridgehead atoms. The number of hydrogen-bond donors (Lipinski definition) is 0. The van der Waals surface area contributed by atoms with E-state index in [0.29, 0.717) is 0 Å². The Kier molecular flexibility index (Phi) is 3.76. The summed E-state index contributed by atoms with van der Waals surface area (Å²) in [6.07, 6.45) is 6.09. The minimum absolute atomic E-state index is 0.919. The molecule has 0 unspecified atom stereocenters. The molecule has 3 fully saturated rings. The zero-order valence-corrected chi connectivity index (χ0v) is 13.1. The van der Waals surface area contributed by atoms with Gasteiger partial charge >= 0.3 is 0 Å². The molecule has 4 rings (SSSR count). The van der Waals surface area contributed by atoms with E-state index in [2.05, 4.69) is 21.0 Å². The number of nitrogens with zero attached hydrogens (tertiary/aromatic N) is 3. The van der Waals surface area contributed by atoms with Crippen LogP contribution < -0.4 is 0 Å². The lowest BCUT2D eigenvalue weighted by Crippen LogP contribution is -2.47. The van der Waals surface area contributed by atoms with E-state index in [4.69, 9.17) is 4.52 Å². The van der Waals surface area contributed by atoms with Gasteiger partial charge in [0.2, 0.25) is 0 Å². The standard InChI is InChI=1S/C17H27N3O/c1-13-8-17(21-18-13)12-20-6-4-19(5-7-20)11-16-10-14-2-3-15(16)9-14/h8,14-16H,2-7,9-12H2,1H3/t14-,15-,16+/m0/s1. The summed E-state index contributed by atoms with van der Waals surface area (Å²) in [5, 5.41) is 3.98. The zero-order valence-electron chi connectivity index (χ0n) is 13.1. The van der Waals surface area contributed by atoms with Crippen LogP contribution in [0.4, 0.5) is 0 Å². The number of fused-ring (bicyclic) bond motifs is 2. The summed E-state index contributed by atoms with van der Waals surface area (Å²) >= 11 is 0. The monoisotopic (exact) mass is 289 g/mol. The molecule has 3 atom stereocenters. The third-order valence-corrected chi connectivity index (χ3v) is 5.90. The highest BCUT2D eigenvalue weighted by Crippen LogP contribution is 2.48. The maximum atomic E-state index is 5.33. The second-order valence-corrected chi connectivity index (χ2v) is 7.45. The van der Waals surface area contributed by atoms with Crippen LogP contribution in [0.3, 0.4) is 0 Å². The van der Waals surface area contributed by atoms with Crippen LogP contribution in [0, 0.1) is 24.7 Å². The van der Waals surface area contributed by atoms with Crippen LogP contribution in [0.5, 0.6) is 0 Å². The van der Waals surface area contributed by atoms with Gasteiger partial charge in [-0.25, -0.2) is 0 Å². The Hall–Kier alpha value is -0.870. The second kappa shape index (κ2) is 5.73. The third kappa shape index (κ3) is 3.02. The van der Waals surface area contributed by atoms with Gasteiger partial charge in [0.1, 0.15) is 0 Å². The highest BCUT2D eigenvalue weighted by atomic mass is 16.5. The van der Waals surface area contributed by atoms with Crippen LogP contribution in [-0.4, -0.2) is 47.7 Å². The first-order chi connectivity index (χ1) is 10.3. The molecule has 1 saturated heterocycles. The third-order valence-electron chi connectivity index (χ3n) is 5.90. The summed E-state index contributed by atoms with van der Waals surface area (Å²) in [5.74, 6) is 4.16. The minimum atomic E-state index is 0.919. The quantitative estimate of drug-likeness (QED) is 0.853. The molecule has 1 aromatic heterocycles. The van der Waals surface area contributed by atoms with Crippen LogP contribution >= 0.6 is 0 Å².